The summed E-state index contributed by atoms with van der Waals surface area (Å²) in [5.74, 6) is -0.485. The van der Waals surface area contributed by atoms with Gasteiger partial charge in [-0.15, -0.1) is 0 Å². The maximum atomic E-state index is 13.8. The lowest BCUT2D eigenvalue weighted by molar-refractivity contribution is 0.00578. The lowest BCUT2D eigenvalue weighted by Gasteiger charge is -2.32. The number of benzene rings is 2. The van der Waals surface area contributed by atoms with Crippen molar-refractivity contribution in [3.8, 4) is 11.1 Å². The van der Waals surface area contributed by atoms with E-state index in [9.17, 15) is 9.18 Å². The van der Waals surface area contributed by atoms with Crippen molar-refractivity contribution in [2.24, 2.45) is 0 Å². The predicted molar refractivity (Wildman–Crippen MR) is 141 cm³/mol. The largest absolute Gasteiger partial charge is 0.492 e. The second-order valence-corrected chi connectivity index (χ2v) is 10.4. The molecule has 1 aliphatic heterocycles. The molecule has 0 saturated carbocycles. The fourth-order valence-electron chi connectivity index (χ4n) is 4.74. The highest BCUT2D eigenvalue weighted by Crippen LogP contribution is 2.44. The molecule has 5 rings (SSSR count). The van der Waals surface area contributed by atoms with Crippen LogP contribution in [-0.2, 0) is 14.0 Å². The number of carbonyl (C=O) groups is 1. The van der Waals surface area contributed by atoms with Crippen LogP contribution in [0.5, 0.6) is 0 Å². The van der Waals surface area contributed by atoms with E-state index in [2.05, 4.69) is 34.6 Å². The number of nitrogens with zero attached hydrogens (tertiary/aromatic N) is 1. The van der Waals surface area contributed by atoms with Crippen LogP contribution in [0, 0.1) is 5.82 Å². The zero-order valence-corrected chi connectivity index (χ0v) is 21.5. The number of aromatic nitrogens is 1. The quantitative estimate of drug-likeness (QED) is 0.435. The van der Waals surface area contributed by atoms with Gasteiger partial charge in [-0.2, -0.15) is 0 Å². The third-order valence-corrected chi connectivity index (χ3v) is 7.41. The summed E-state index contributed by atoms with van der Waals surface area (Å²) in [6, 6.07) is 17.7. The number of carbonyl (C=O) groups excluding carboxylic acids is 1. The Bertz CT molecular complexity index is 1300. The average Bonchev–Trinajstić information content (AvgIpc) is 3.29. The van der Waals surface area contributed by atoms with Gasteiger partial charge >= 0.3 is 13.2 Å². The minimum atomic E-state index is -0.720. The lowest BCUT2D eigenvalue weighted by Crippen LogP contribution is -2.41. The first-order valence-corrected chi connectivity index (χ1v) is 12.4. The first kappa shape index (κ1) is 25.2. The summed E-state index contributed by atoms with van der Waals surface area (Å²) in [7, 11) is -0.720. The van der Waals surface area contributed by atoms with Crippen LogP contribution < -0.4 is 5.32 Å². The molecule has 3 aromatic rings. The smallest absolute Gasteiger partial charge is 0.449 e. The van der Waals surface area contributed by atoms with Crippen LogP contribution in [0.2, 0.25) is 0 Å². The SMILES string of the molecule is CC1(C)OB(C(=Cc2cncc(F)c2)CNC(=O)OCC2c3ccccc3-c3ccccc32)OC1(C)C. The summed E-state index contributed by atoms with van der Waals surface area (Å²) in [6.07, 6.45) is 3.85. The summed E-state index contributed by atoms with van der Waals surface area (Å²) < 4.78 is 31.8. The zero-order valence-electron chi connectivity index (χ0n) is 21.5. The number of amides is 1. The predicted octanol–water partition coefficient (Wildman–Crippen LogP) is 5.77. The number of fused-ring (bicyclic) bond motifs is 3. The highest BCUT2D eigenvalue weighted by atomic mass is 19.1. The average molecular weight is 500 g/mol. The van der Waals surface area contributed by atoms with Crippen molar-refractivity contribution in [3.05, 3.63) is 95.0 Å². The number of rotatable bonds is 6. The standard InChI is InChI=1S/C29H30BFN2O4/c1-28(2)29(3,4)37-30(36-28)20(13-19-14-21(31)17-32-15-19)16-33-27(34)35-18-26-24-11-7-5-9-22(24)23-10-6-8-12-25(23)26/h5-15,17,26H,16,18H2,1-4H3,(H,33,34). The number of halogens is 1. The summed E-state index contributed by atoms with van der Waals surface area (Å²) in [4.78, 5) is 16.7. The minimum Gasteiger partial charge on any atom is -0.449 e. The third-order valence-electron chi connectivity index (χ3n) is 7.41. The lowest BCUT2D eigenvalue weighted by atomic mass is 9.77. The van der Waals surface area contributed by atoms with Crippen molar-refractivity contribution in [2.75, 3.05) is 13.2 Å². The van der Waals surface area contributed by atoms with Gasteiger partial charge in [0.2, 0.25) is 0 Å². The van der Waals surface area contributed by atoms with E-state index >= 15 is 0 Å². The van der Waals surface area contributed by atoms with Crippen molar-refractivity contribution >= 4 is 19.3 Å². The highest BCUT2D eigenvalue weighted by molar-refractivity contribution is 6.56. The maximum Gasteiger partial charge on any atom is 0.492 e. The molecule has 0 radical (unpaired) electrons. The Morgan fingerprint density at radius 2 is 1.62 bits per heavy atom. The van der Waals surface area contributed by atoms with Crippen molar-refractivity contribution in [3.63, 3.8) is 0 Å². The Morgan fingerprint density at radius 3 is 2.22 bits per heavy atom. The summed E-state index contributed by atoms with van der Waals surface area (Å²) in [5, 5.41) is 2.82. The normalized spacial score (nSPS) is 17.9. The molecule has 1 N–H and O–H groups in total. The van der Waals surface area contributed by atoms with Crippen molar-refractivity contribution in [1.82, 2.24) is 10.3 Å². The second-order valence-electron chi connectivity index (χ2n) is 10.4. The Morgan fingerprint density at radius 1 is 1.03 bits per heavy atom. The molecule has 1 aliphatic carbocycles. The number of ether oxygens (including phenoxy) is 1. The van der Waals surface area contributed by atoms with Crippen LogP contribution >= 0.6 is 0 Å². The monoisotopic (exact) mass is 500 g/mol. The van der Waals surface area contributed by atoms with Gasteiger partial charge in [0.15, 0.2) is 0 Å². The molecule has 190 valence electrons. The topological polar surface area (TPSA) is 69.7 Å². The van der Waals surface area contributed by atoms with E-state index in [1.165, 1.54) is 17.2 Å². The van der Waals surface area contributed by atoms with Crippen LogP contribution in [0.4, 0.5) is 9.18 Å². The Labute approximate surface area is 217 Å². The Kier molecular flexibility index (Phi) is 6.64. The molecule has 8 heteroatoms. The van der Waals surface area contributed by atoms with Gasteiger partial charge in [0.25, 0.3) is 0 Å². The van der Waals surface area contributed by atoms with Crippen molar-refractivity contribution in [1.29, 1.82) is 0 Å². The summed E-state index contributed by atoms with van der Waals surface area (Å²) in [6.45, 7) is 8.12. The molecule has 0 unspecified atom stereocenters. The Hall–Kier alpha value is -3.49. The molecule has 2 heterocycles. The minimum absolute atomic E-state index is 0.0328. The van der Waals surface area contributed by atoms with E-state index in [1.807, 2.05) is 52.0 Å². The summed E-state index contributed by atoms with van der Waals surface area (Å²) >= 11 is 0. The third kappa shape index (κ3) is 5.04. The van der Waals surface area contributed by atoms with Gasteiger partial charge < -0.3 is 19.4 Å². The van der Waals surface area contributed by atoms with Gasteiger partial charge in [-0.3, -0.25) is 4.98 Å². The van der Waals surface area contributed by atoms with Crippen LogP contribution in [0.25, 0.3) is 17.2 Å². The van der Waals surface area contributed by atoms with Crippen LogP contribution in [-0.4, -0.2) is 42.5 Å². The molecule has 1 fully saturated rings. The van der Waals surface area contributed by atoms with Crippen molar-refractivity contribution in [2.45, 2.75) is 44.8 Å². The molecule has 0 atom stereocenters. The first-order chi connectivity index (χ1) is 17.6. The molecule has 0 spiro atoms. The van der Waals surface area contributed by atoms with E-state index in [0.717, 1.165) is 17.3 Å². The fourth-order valence-corrected chi connectivity index (χ4v) is 4.74. The van der Waals surface area contributed by atoms with E-state index in [0.29, 0.717) is 11.0 Å². The van der Waals surface area contributed by atoms with E-state index < -0.39 is 30.2 Å². The molecule has 1 amide bonds. The summed E-state index contributed by atoms with van der Waals surface area (Å²) in [5.41, 5.74) is 4.66. The maximum absolute atomic E-state index is 13.8. The Balaban J connectivity index is 1.29. The van der Waals surface area contributed by atoms with Crippen LogP contribution in [0.3, 0.4) is 0 Å². The van der Waals surface area contributed by atoms with Crippen LogP contribution in [0.1, 0.15) is 50.3 Å². The molecule has 1 aromatic heterocycles. The molecule has 37 heavy (non-hydrogen) atoms. The highest BCUT2D eigenvalue weighted by Gasteiger charge is 2.52. The van der Waals surface area contributed by atoms with Gasteiger partial charge in [-0.05, 0) is 67.1 Å². The molecule has 0 bridgehead atoms. The van der Waals surface area contributed by atoms with E-state index in [4.69, 9.17) is 14.0 Å². The molecule has 1 saturated heterocycles. The van der Waals surface area contributed by atoms with E-state index in [-0.39, 0.29) is 19.1 Å². The molecule has 6 nitrogen and oxygen atoms in total. The fraction of sp³-hybridized carbons (Fsp3) is 0.310. The van der Waals surface area contributed by atoms with Gasteiger partial charge in [0.1, 0.15) is 12.4 Å². The van der Waals surface area contributed by atoms with E-state index in [1.54, 1.807) is 12.3 Å². The van der Waals surface area contributed by atoms with Gasteiger partial charge in [0.05, 0.1) is 17.4 Å². The molecular weight excluding hydrogens is 470 g/mol. The molecule has 2 aromatic carbocycles. The number of nitrogens with one attached hydrogen (secondary N) is 1. The van der Waals surface area contributed by atoms with Gasteiger partial charge in [-0.1, -0.05) is 54.6 Å². The first-order valence-electron chi connectivity index (χ1n) is 12.4. The van der Waals surface area contributed by atoms with Gasteiger partial charge in [-0.25, -0.2) is 9.18 Å². The molecular formula is C29H30BFN2O4. The van der Waals surface area contributed by atoms with Crippen molar-refractivity contribution < 1.29 is 23.2 Å². The second kappa shape index (κ2) is 9.76. The number of hydrogen-bond acceptors (Lipinski definition) is 5. The number of pyridine rings is 1. The molecule has 2 aliphatic rings. The van der Waals surface area contributed by atoms with Gasteiger partial charge in [0, 0.05) is 18.7 Å². The van der Waals surface area contributed by atoms with Crippen LogP contribution in [0.15, 0.2) is 72.5 Å². The number of alkyl carbamates (subject to hydrolysis) is 1. The number of hydrogen-bond donors (Lipinski definition) is 1. The zero-order chi connectivity index (χ0) is 26.2.